The summed E-state index contributed by atoms with van der Waals surface area (Å²) in [5.41, 5.74) is 1.96. The fraction of sp³-hybridized carbons (Fsp3) is 0.455. The summed E-state index contributed by atoms with van der Waals surface area (Å²) in [5.74, 6) is 5.56. The van der Waals surface area contributed by atoms with Gasteiger partial charge in [-0.25, -0.2) is 4.39 Å². The Morgan fingerprint density at radius 3 is 2.73 bits per heavy atom. The van der Waals surface area contributed by atoms with E-state index in [1.807, 2.05) is 25.4 Å². The Bertz CT molecular complexity index is 1100. The molecule has 3 aliphatic heterocycles. The molecule has 154 valence electrons. The van der Waals surface area contributed by atoms with Crippen LogP contribution in [0.15, 0.2) is 22.1 Å². The van der Waals surface area contributed by atoms with Gasteiger partial charge in [0.15, 0.2) is 5.01 Å². The number of rotatable bonds is 0. The van der Waals surface area contributed by atoms with Crippen molar-refractivity contribution in [2.24, 2.45) is 15.4 Å². The SMILES string of the molecule is Cc1nnc(C#Cc2cc3c(cc2F)N2C[C@@H](C)O[C@@H](C)[C@@H]2C2(C=NCN=C2)C3)s1. The fourth-order valence-corrected chi connectivity index (χ4v) is 5.41. The van der Waals surface area contributed by atoms with Crippen LogP contribution in [0.4, 0.5) is 10.1 Å². The second kappa shape index (κ2) is 7.25. The second-order valence-electron chi connectivity index (χ2n) is 8.14. The van der Waals surface area contributed by atoms with Crippen molar-refractivity contribution >= 4 is 29.5 Å². The lowest BCUT2D eigenvalue weighted by molar-refractivity contribution is -0.0430. The Labute approximate surface area is 178 Å². The molecule has 1 saturated heterocycles. The summed E-state index contributed by atoms with van der Waals surface area (Å²) in [4.78, 5) is 11.2. The smallest absolute Gasteiger partial charge is 0.191 e. The van der Waals surface area contributed by atoms with Crippen LogP contribution in [-0.4, -0.2) is 54.1 Å². The molecule has 1 fully saturated rings. The number of hydrogen-bond donors (Lipinski definition) is 0. The predicted molar refractivity (Wildman–Crippen MR) is 116 cm³/mol. The van der Waals surface area contributed by atoms with Crippen LogP contribution in [0.2, 0.25) is 0 Å². The van der Waals surface area contributed by atoms with E-state index in [2.05, 4.69) is 50.8 Å². The molecule has 0 saturated carbocycles. The van der Waals surface area contributed by atoms with E-state index in [0.29, 0.717) is 30.2 Å². The van der Waals surface area contributed by atoms with E-state index in [-0.39, 0.29) is 29.5 Å². The molecule has 2 aromatic rings. The van der Waals surface area contributed by atoms with Crippen molar-refractivity contribution in [3.05, 3.63) is 39.1 Å². The average Bonchev–Trinajstić information content (AvgIpc) is 3.12. The van der Waals surface area contributed by atoms with Crippen molar-refractivity contribution in [2.75, 3.05) is 18.1 Å². The summed E-state index contributed by atoms with van der Waals surface area (Å²) < 4.78 is 21.2. The lowest BCUT2D eigenvalue weighted by atomic mass is 9.69. The molecule has 30 heavy (non-hydrogen) atoms. The first-order chi connectivity index (χ1) is 14.4. The van der Waals surface area contributed by atoms with Crippen LogP contribution in [0, 0.1) is 30.0 Å². The highest BCUT2D eigenvalue weighted by Crippen LogP contribution is 2.45. The summed E-state index contributed by atoms with van der Waals surface area (Å²) in [6.45, 7) is 7.15. The van der Waals surface area contributed by atoms with Crippen LogP contribution in [0.3, 0.4) is 0 Å². The Morgan fingerprint density at radius 2 is 2.00 bits per heavy atom. The molecule has 1 aromatic carbocycles. The molecule has 0 bridgehead atoms. The van der Waals surface area contributed by atoms with Gasteiger partial charge in [-0.3, -0.25) is 9.98 Å². The van der Waals surface area contributed by atoms with Crippen LogP contribution < -0.4 is 4.90 Å². The molecular weight excluding hydrogens is 401 g/mol. The Balaban J connectivity index is 1.60. The first-order valence-electron chi connectivity index (χ1n) is 10.0. The summed E-state index contributed by atoms with van der Waals surface area (Å²) in [6, 6.07) is 3.51. The van der Waals surface area contributed by atoms with E-state index < -0.39 is 0 Å². The number of fused-ring (bicyclic) bond motifs is 4. The summed E-state index contributed by atoms with van der Waals surface area (Å²) in [5, 5.41) is 9.39. The Kier molecular flexibility index (Phi) is 4.68. The zero-order chi connectivity index (χ0) is 20.9. The number of anilines is 1. The highest BCUT2D eigenvalue weighted by Gasteiger charge is 2.51. The van der Waals surface area contributed by atoms with E-state index in [9.17, 15) is 0 Å². The molecular formula is C22H22FN5OS. The summed E-state index contributed by atoms with van der Waals surface area (Å²) >= 11 is 1.40. The van der Waals surface area contributed by atoms with Gasteiger partial charge in [0.2, 0.25) is 0 Å². The third kappa shape index (κ3) is 3.22. The number of ether oxygens (including phenoxy) is 1. The van der Waals surface area contributed by atoms with Crippen molar-refractivity contribution in [2.45, 2.75) is 45.4 Å². The molecule has 0 amide bonds. The van der Waals surface area contributed by atoms with Gasteiger partial charge >= 0.3 is 0 Å². The molecule has 1 spiro atoms. The zero-order valence-electron chi connectivity index (χ0n) is 17.1. The van der Waals surface area contributed by atoms with Gasteiger partial charge in [-0.1, -0.05) is 17.3 Å². The number of hydrogen-bond acceptors (Lipinski definition) is 7. The Morgan fingerprint density at radius 1 is 1.20 bits per heavy atom. The maximum atomic E-state index is 15.0. The highest BCUT2D eigenvalue weighted by molar-refractivity contribution is 7.11. The van der Waals surface area contributed by atoms with Gasteiger partial charge in [-0.15, -0.1) is 10.2 Å². The molecule has 3 aliphatic rings. The van der Waals surface area contributed by atoms with Gasteiger partial charge in [-0.2, -0.15) is 0 Å². The number of nitrogens with zero attached hydrogens (tertiary/aromatic N) is 5. The number of halogens is 1. The lowest BCUT2D eigenvalue weighted by Gasteiger charge is -2.54. The van der Waals surface area contributed by atoms with Crippen LogP contribution in [0.5, 0.6) is 0 Å². The van der Waals surface area contributed by atoms with Gasteiger partial charge < -0.3 is 9.64 Å². The minimum absolute atomic E-state index is 0.0229. The van der Waals surface area contributed by atoms with Crippen molar-refractivity contribution < 1.29 is 9.13 Å². The standard InChI is InChI=1S/C22H22FN5OS/c1-13-9-28-19-7-18(23)16(4-5-20-27-26-15(3)30-20)6-17(19)8-22(10-24-12-25-11-22)21(28)14(2)29-13/h6-7,10-11,13-14,21H,8-9,12H2,1-3H3/t13-,14+,21-/m1/s1. The fourth-order valence-electron chi connectivity index (χ4n) is 4.86. The zero-order valence-corrected chi connectivity index (χ0v) is 17.9. The number of aliphatic imine (C=N–C) groups is 2. The molecule has 0 unspecified atom stereocenters. The van der Waals surface area contributed by atoms with E-state index in [4.69, 9.17) is 4.74 Å². The monoisotopic (exact) mass is 423 g/mol. The number of benzene rings is 1. The maximum absolute atomic E-state index is 15.0. The van der Waals surface area contributed by atoms with Crippen LogP contribution >= 0.6 is 11.3 Å². The molecule has 5 rings (SSSR count). The topological polar surface area (TPSA) is 63.0 Å². The molecule has 0 N–H and O–H groups in total. The molecule has 8 heteroatoms. The Hall–Kier alpha value is -2.63. The maximum Gasteiger partial charge on any atom is 0.191 e. The first-order valence-corrected chi connectivity index (χ1v) is 10.9. The second-order valence-corrected chi connectivity index (χ2v) is 9.32. The third-order valence-corrected chi connectivity index (χ3v) is 6.62. The molecule has 1 aromatic heterocycles. The number of aromatic nitrogens is 2. The number of morpholine rings is 1. The largest absolute Gasteiger partial charge is 0.372 e. The molecule has 6 nitrogen and oxygen atoms in total. The van der Waals surface area contributed by atoms with Gasteiger partial charge in [0.25, 0.3) is 0 Å². The summed E-state index contributed by atoms with van der Waals surface area (Å²) in [7, 11) is 0. The van der Waals surface area contributed by atoms with E-state index >= 15 is 4.39 Å². The highest BCUT2D eigenvalue weighted by atomic mass is 32.1. The van der Waals surface area contributed by atoms with Crippen molar-refractivity contribution in [1.29, 1.82) is 0 Å². The average molecular weight is 424 g/mol. The third-order valence-electron chi connectivity index (χ3n) is 5.86. The van der Waals surface area contributed by atoms with Gasteiger partial charge in [0.1, 0.15) is 17.5 Å². The van der Waals surface area contributed by atoms with E-state index in [1.165, 1.54) is 11.3 Å². The van der Waals surface area contributed by atoms with Crippen LogP contribution in [0.1, 0.15) is 35.0 Å². The predicted octanol–water partition coefficient (Wildman–Crippen LogP) is 3.02. The van der Waals surface area contributed by atoms with Gasteiger partial charge in [-0.05, 0) is 50.8 Å². The molecule has 0 radical (unpaired) electrons. The van der Waals surface area contributed by atoms with Crippen molar-refractivity contribution in [1.82, 2.24) is 10.2 Å². The lowest BCUT2D eigenvalue weighted by Crippen LogP contribution is -2.65. The number of aryl methyl sites for hydroxylation is 1. The van der Waals surface area contributed by atoms with Gasteiger partial charge in [0, 0.05) is 24.7 Å². The molecule has 4 heterocycles. The van der Waals surface area contributed by atoms with E-state index in [0.717, 1.165) is 16.3 Å². The minimum atomic E-state index is -0.371. The first kappa shape index (κ1) is 19.3. The van der Waals surface area contributed by atoms with E-state index in [1.54, 1.807) is 6.07 Å². The van der Waals surface area contributed by atoms with Crippen LogP contribution in [-0.2, 0) is 11.2 Å². The molecule has 0 aliphatic carbocycles. The quantitative estimate of drug-likeness (QED) is 0.611. The summed E-state index contributed by atoms with van der Waals surface area (Å²) in [6.07, 6.45) is 4.73. The van der Waals surface area contributed by atoms with Crippen molar-refractivity contribution in [3.63, 3.8) is 0 Å². The van der Waals surface area contributed by atoms with Crippen molar-refractivity contribution in [3.8, 4) is 11.8 Å². The normalized spacial score (nSPS) is 26.1. The minimum Gasteiger partial charge on any atom is -0.372 e. The molecule has 3 atom stereocenters. The van der Waals surface area contributed by atoms with Crippen LogP contribution in [0.25, 0.3) is 0 Å². The van der Waals surface area contributed by atoms with Gasteiger partial charge in [0.05, 0.1) is 29.2 Å².